The average molecular weight is 454 g/mol. The van der Waals surface area contributed by atoms with E-state index in [9.17, 15) is 13.2 Å². The first-order valence-corrected chi connectivity index (χ1v) is 11.7. The smallest absolute Gasteiger partial charge is 0.341 e. The lowest BCUT2D eigenvalue weighted by Crippen LogP contribution is -2.31. The zero-order valence-electron chi connectivity index (χ0n) is 17.2. The molecule has 3 aromatic carbocycles. The second kappa shape index (κ2) is 9.42. The van der Waals surface area contributed by atoms with Crippen molar-refractivity contribution in [3.8, 4) is 17.2 Å². The van der Waals surface area contributed by atoms with Crippen LogP contribution in [0.25, 0.3) is 0 Å². The number of sulfonamides is 1. The minimum atomic E-state index is -3.77. The molecule has 1 atom stereocenters. The van der Waals surface area contributed by atoms with Crippen molar-refractivity contribution < 1.29 is 27.8 Å². The number of benzene rings is 3. The predicted molar refractivity (Wildman–Crippen MR) is 119 cm³/mol. The molecule has 0 aliphatic heterocycles. The molecule has 0 saturated carbocycles. The van der Waals surface area contributed by atoms with Gasteiger partial charge >= 0.3 is 5.97 Å². The van der Waals surface area contributed by atoms with Crippen LogP contribution in [-0.2, 0) is 21.2 Å². The van der Waals surface area contributed by atoms with Gasteiger partial charge < -0.3 is 14.6 Å². The van der Waals surface area contributed by atoms with E-state index in [0.29, 0.717) is 30.1 Å². The van der Waals surface area contributed by atoms with Gasteiger partial charge in [0, 0.05) is 6.04 Å². The number of hydrogen-bond acceptors (Lipinski definition) is 5. The van der Waals surface area contributed by atoms with E-state index in [1.165, 1.54) is 12.1 Å². The summed E-state index contributed by atoms with van der Waals surface area (Å²) in [6, 6.07) is 20.4. The van der Waals surface area contributed by atoms with Crippen LogP contribution in [0.15, 0.2) is 77.7 Å². The molecule has 166 valence electrons. The third-order valence-corrected chi connectivity index (χ3v) is 6.71. The Labute approximate surface area is 186 Å². The standard InChI is InChI=1S/C24H23NO6S/c26-24(27)16-30-23-11-5-8-20-21(23)9-4-10-22(20)25-32(28,29)19-14-12-18(13-15-19)31-17-6-2-1-3-7-17/h1-3,5-8,11-15,22,25H,4,9-10,16H2,(H,26,27). The Bertz CT molecular complexity index is 1190. The third-order valence-electron chi connectivity index (χ3n) is 5.23. The number of fused-ring (bicyclic) bond motifs is 1. The van der Waals surface area contributed by atoms with E-state index in [1.807, 2.05) is 36.4 Å². The zero-order chi connectivity index (χ0) is 22.6. The van der Waals surface area contributed by atoms with Crippen LogP contribution in [0.2, 0.25) is 0 Å². The quantitative estimate of drug-likeness (QED) is 0.527. The van der Waals surface area contributed by atoms with Crippen LogP contribution in [0.1, 0.15) is 30.0 Å². The lowest BCUT2D eigenvalue weighted by atomic mass is 9.87. The van der Waals surface area contributed by atoms with Crippen LogP contribution in [0.4, 0.5) is 0 Å². The Hall–Kier alpha value is -3.36. The molecule has 2 N–H and O–H groups in total. The number of carboxylic acid groups (broad SMARTS) is 1. The summed E-state index contributed by atoms with van der Waals surface area (Å²) in [5.74, 6) is 0.630. The van der Waals surface area contributed by atoms with Crippen molar-refractivity contribution in [1.82, 2.24) is 4.72 Å². The highest BCUT2D eigenvalue weighted by atomic mass is 32.2. The van der Waals surface area contributed by atoms with E-state index in [0.717, 1.165) is 17.5 Å². The summed E-state index contributed by atoms with van der Waals surface area (Å²) >= 11 is 0. The number of para-hydroxylation sites is 1. The number of nitrogens with one attached hydrogen (secondary N) is 1. The van der Waals surface area contributed by atoms with Crippen LogP contribution in [0.5, 0.6) is 17.2 Å². The highest BCUT2D eigenvalue weighted by Gasteiger charge is 2.27. The minimum absolute atomic E-state index is 0.142. The molecule has 4 rings (SSSR count). The number of ether oxygens (including phenoxy) is 2. The third kappa shape index (κ3) is 5.09. The normalized spacial score (nSPS) is 15.6. The second-order valence-corrected chi connectivity index (χ2v) is 9.17. The van der Waals surface area contributed by atoms with Gasteiger partial charge in [-0.15, -0.1) is 0 Å². The van der Waals surface area contributed by atoms with E-state index in [-0.39, 0.29) is 4.90 Å². The first-order valence-electron chi connectivity index (χ1n) is 10.2. The Morgan fingerprint density at radius 1 is 0.969 bits per heavy atom. The van der Waals surface area contributed by atoms with E-state index >= 15 is 0 Å². The van der Waals surface area contributed by atoms with Gasteiger partial charge in [0.2, 0.25) is 10.0 Å². The van der Waals surface area contributed by atoms with Crippen molar-refractivity contribution in [2.24, 2.45) is 0 Å². The topological polar surface area (TPSA) is 102 Å². The molecule has 0 aromatic heterocycles. The predicted octanol–water partition coefficient (Wildman–Crippen LogP) is 4.30. The number of aliphatic carboxylic acids is 1. The molecule has 0 saturated heterocycles. The summed E-state index contributed by atoms with van der Waals surface area (Å²) in [5, 5.41) is 8.89. The van der Waals surface area contributed by atoms with Crippen molar-refractivity contribution in [2.75, 3.05) is 6.61 Å². The highest BCUT2D eigenvalue weighted by Crippen LogP contribution is 2.36. The van der Waals surface area contributed by atoms with Crippen LogP contribution < -0.4 is 14.2 Å². The molecule has 0 radical (unpaired) electrons. The molecule has 0 spiro atoms. The molecule has 0 amide bonds. The summed E-state index contributed by atoms with van der Waals surface area (Å²) in [5.41, 5.74) is 1.66. The number of carbonyl (C=O) groups is 1. The molecule has 0 heterocycles. The van der Waals surface area contributed by atoms with Crippen molar-refractivity contribution in [2.45, 2.75) is 30.2 Å². The van der Waals surface area contributed by atoms with Crippen molar-refractivity contribution in [3.63, 3.8) is 0 Å². The molecular weight excluding hydrogens is 430 g/mol. The minimum Gasteiger partial charge on any atom is -0.482 e. The SMILES string of the molecule is O=C(O)COc1cccc2c1CCCC2NS(=O)(=O)c1ccc(Oc2ccccc2)cc1. The highest BCUT2D eigenvalue weighted by molar-refractivity contribution is 7.89. The summed E-state index contributed by atoms with van der Waals surface area (Å²) in [7, 11) is -3.77. The van der Waals surface area contributed by atoms with E-state index in [2.05, 4.69) is 4.72 Å². The fraction of sp³-hybridized carbons (Fsp3) is 0.208. The van der Waals surface area contributed by atoms with Crippen molar-refractivity contribution in [1.29, 1.82) is 0 Å². The molecule has 0 bridgehead atoms. The molecule has 1 aliphatic rings. The number of carboxylic acids is 1. The zero-order valence-corrected chi connectivity index (χ0v) is 18.0. The first-order chi connectivity index (χ1) is 15.4. The fourth-order valence-electron chi connectivity index (χ4n) is 3.78. The fourth-order valence-corrected chi connectivity index (χ4v) is 5.03. The monoisotopic (exact) mass is 453 g/mol. The van der Waals surface area contributed by atoms with Gasteiger partial charge in [0.1, 0.15) is 17.2 Å². The Balaban J connectivity index is 1.51. The van der Waals surface area contributed by atoms with E-state index in [4.69, 9.17) is 14.6 Å². The van der Waals surface area contributed by atoms with Crippen LogP contribution in [-0.4, -0.2) is 26.1 Å². The lowest BCUT2D eigenvalue weighted by molar-refractivity contribution is -0.139. The molecule has 1 aliphatic carbocycles. The molecule has 32 heavy (non-hydrogen) atoms. The van der Waals surface area contributed by atoms with Gasteiger partial charge in [-0.1, -0.05) is 30.3 Å². The Kier molecular flexibility index (Phi) is 6.43. The number of hydrogen-bond donors (Lipinski definition) is 2. The van der Waals surface area contributed by atoms with Gasteiger partial charge in [-0.25, -0.2) is 17.9 Å². The van der Waals surface area contributed by atoms with Gasteiger partial charge in [0.05, 0.1) is 4.90 Å². The molecule has 1 unspecified atom stereocenters. The first kappa shape index (κ1) is 21.9. The van der Waals surface area contributed by atoms with E-state index in [1.54, 1.807) is 24.3 Å². The Morgan fingerprint density at radius 2 is 1.69 bits per heavy atom. The summed E-state index contributed by atoms with van der Waals surface area (Å²) in [6.45, 7) is -0.440. The van der Waals surface area contributed by atoms with Gasteiger partial charge in [0.25, 0.3) is 0 Å². The molecule has 0 fully saturated rings. The maximum atomic E-state index is 13.0. The van der Waals surface area contributed by atoms with Gasteiger partial charge in [0.15, 0.2) is 6.61 Å². The van der Waals surface area contributed by atoms with Crippen LogP contribution >= 0.6 is 0 Å². The van der Waals surface area contributed by atoms with Gasteiger partial charge in [-0.2, -0.15) is 0 Å². The molecular formula is C24H23NO6S. The average Bonchev–Trinajstić information content (AvgIpc) is 2.79. The van der Waals surface area contributed by atoms with Gasteiger partial charge in [-0.3, -0.25) is 0 Å². The second-order valence-electron chi connectivity index (χ2n) is 7.46. The van der Waals surface area contributed by atoms with E-state index < -0.39 is 28.6 Å². The lowest BCUT2D eigenvalue weighted by Gasteiger charge is -2.27. The largest absolute Gasteiger partial charge is 0.482 e. The Morgan fingerprint density at radius 3 is 2.41 bits per heavy atom. The molecule has 3 aromatic rings. The van der Waals surface area contributed by atoms with Crippen molar-refractivity contribution >= 4 is 16.0 Å². The maximum Gasteiger partial charge on any atom is 0.341 e. The molecule has 7 nitrogen and oxygen atoms in total. The maximum absolute atomic E-state index is 13.0. The summed E-state index contributed by atoms with van der Waals surface area (Å²) < 4.78 is 40.0. The van der Waals surface area contributed by atoms with Gasteiger partial charge in [-0.05, 0) is 72.9 Å². The summed E-state index contributed by atoms with van der Waals surface area (Å²) in [6.07, 6.45) is 2.11. The van der Waals surface area contributed by atoms with Crippen LogP contribution in [0.3, 0.4) is 0 Å². The molecule has 8 heteroatoms. The van der Waals surface area contributed by atoms with Crippen molar-refractivity contribution in [3.05, 3.63) is 83.9 Å². The number of rotatable bonds is 8. The summed E-state index contributed by atoms with van der Waals surface area (Å²) in [4.78, 5) is 11.0. The van der Waals surface area contributed by atoms with Crippen LogP contribution in [0, 0.1) is 0 Å².